The second-order valence-electron chi connectivity index (χ2n) is 5.79. The van der Waals surface area contributed by atoms with E-state index in [0.717, 1.165) is 11.3 Å². The minimum absolute atomic E-state index is 0.178. The zero-order valence-electron chi connectivity index (χ0n) is 13.9. The van der Waals surface area contributed by atoms with Crippen LogP contribution in [0.15, 0.2) is 40.3 Å². The predicted molar refractivity (Wildman–Crippen MR) is 92.4 cm³/mol. The molecule has 26 heavy (non-hydrogen) atoms. The maximum absolute atomic E-state index is 12.6. The molecule has 0 aromatic carbocycles. The molecule has 0 aliphatic heterocycles. The molecule has 136 valence electrons. The van der Waals surface area contributed by atoms with Gasteiger partial charge in [0.25, 0.3) is 0 Å². The van der Waals surface area contributed by atoms with Gasteiger partial charge in [0, 0.05) is 22.8 Å². The van der Waals surface area contributed by atoms with Crippen LogP contribution in [-0.2, 0) is 14.3 Å². The van der Waals surface area contributed by atoms with E-state index in [1.165, 1.54) is 13.4 Å². The molecule has 7 nitrogen and oxygen atoms in total. The largest absolute Gasteiger partial charge is 0.550 e. The number of aliphatic carboxylic acids is 1. The number of carboxylic acid groups (broad SMARTS) is 1. The molecule has 0 bridgehead atoms. The van der Waals surface area contributed by atoms with Gasteiger partial charge in [-0.2, -0.15) is 0 Å². The molecule has 1 aliphatic rings. The predicted octanol–water partition coefficient (Wildman–Crippen LogP) is 2.07. The Morgan fingerprint density at radius 2 is 2.00 bits per heavy atom. The van der Waals surface area contributed by atoms with E-state index in [9.17, 15) is 19.5 Å². The monoisotopic (exact) mass is 374 g/mol. The number of nitrogens with one attached hydrogen (secondary N) is 1. The maximum atomic E-state index is 12.6. The Hall–Kier alpha value is -2.87. The fraction of sp³-hybridized carbons (Fsp3) is 0.278. The summed E-state index contributed by atoms with van der Waals surface area (Å²) in [5.74, 6) is -3.54. The Balaban J connectivity index is 1.90. The highest BCUT2D eigenvalue weighted by Crippen LogP contribution is 2.37. The van der Waals surface area contributed by atoms with Crippen LogP contribution in [0.4, 0.5) is 5.00 Å². The lowest BCUT2D eigenvalue weighted by Gasteiger charge is -2.28. The molecule has 2 aromatic rings. The zero-order valence-corrected chi connectivity index (χ0v) is 14.7. The Bertz CT molecular complexity index is 851. The van der Waals surface area contributed by atoms with Crippen molar-refractivity contribution in [3.05, 3.63) is 41.5 Å². The molecule has 2 atom stereocenters. The molecule has 0 spiro atoms. The van der Waals surface area contributed by atoms with Gasteiger partial charge >= 0.3 is 5.97 Å². The second kappa shape index (κ2) is 7.57. The molecular formula is C18H16NO6S-. The van der Waals surface area contributed by atoms with E-state index in [4.69, 9.17) is 9.15 Å². The molecular weight excluding hydrogens is 358 g/mol. The Kier molecular flexibility index (Phi) is 5.22. The van der Waals surface area contributed by atoms with Crippen LogP contribution < -0.4 is 10.4 Å². The lowest BCUT2D eigenvalue weighted by atomic mass is 9.82. The molecule has 2 heterocycles. The van der Waals surface area contributed by atoms with Crippen LogP contribution in [0.3, 0.4) is 0 Å². The summed E-state index contributed by atoms with van der Waals surface area (Å²) >= 11 is 1.15. The molecule has 1 amide bonds. The summed E-state index contributed by atoms with van der Waals surface area (Å²) in [4.78, 5) is 36.1. The summed E-state index contributed by atoms with van der Waals surface area (Å²) < 4.78 is 10.1. The van der Waals surface area contributed by atoms with E-state index in [1.807, 2.05) is 0 Å². The number of methoxy groups -OCH3 is 1. The topological polar surface area (TPSA) is 109 Å². The van der Waals surface area contributed by atoms with Crippen LogP contribution in [-0.4, -0.2) is 25.0 Å². The summed E-state index contributed by atoms with van der Waals surface area (Å²) in [7, 11) is 1.25. The molecule has 3 rings (SSSR count). The molecule has 1 aliphatic carbocycles. The van der Waals surface area contributed by atoms with Gasteiger partial charge in [0.05, 0.1) is 19.3 Å². The van der Waals surface area contributed by atoms with E-state index >= 15 is 0 Å². The number of allylic oxidation sites excluding steroid dienone is 2. The van der Waals surface area contributed by atoms with Crippen molar-refractivity contribution in [1.82, 2.24) is 0 Å². The summed E-state index contributed by atoms with van der Waals surface area (Å²) in [6.45, 7) is 0. The second-order valence-corrected chi connectivity index (χ2v) is 6.67. The van der Waals surface area contributed by atoms with E-state index in [2.05, 4.69) is 5.32 Å². The molecule has 0 saturated carbocycles. The van der Waals surface area contributed by atoms with Crippen molar-refractivity contribution >= 4 is 34.2 Å². The van der Waals surface area contributed by atoms with Gasteiger partial charge in [-0.05, 0) is 25.0 Å². The quantitative estimate of drug-likeness (QED) is 0.634. The number of amides is 1. The van der Waals surface area contributed by atoms with Gasteiger partial charge in [-0.3, -0.25) is 4.79 Å². The van der Waals surface area contributed by atoms with Crippen LogP contribution in [0.1, 0.15) is 23.2 Å². The summed E-state index contributed by atoms with van der Waals surface area (Å²) in [6, 6.07) is 3.38. The molecule has 0 unspecified atom stereocenters. The number of esters is 1. The molecule has 0 fully saturated rings. The third-order valence-corrected chi connectivity index (χ3v) is 5.17. The van der Waals surface area contributed by atoms with Crippen molar-refractivity contribution in [3.8, 4) is 11.3 Å². The Labute approximate surface area is 153 Å². The van der Waals surface area contributed by atoms with E-state index < -0.39 is 29.7 Å². The van der Waals surface area contributed by atoms with Crippen LogP contribution >= 0.6 is 11.3 Å². The van der Waals surface area contributed by atoms with Gasteiger partial charge in [0.1, 0.15) is 16.3 Å². The van der Waals surface area contributed by atoms with Crippen LogP contribution in [0, 0.1) is 11.8 Å². The zero-order chi connectivity index (χ0) is 18.7. The first kappa shape index (κ1) is 17.9. The highest BCUT2D eigenvalue weighted by molar-refractivity contribution is 7.15. The molecule has 8 heteroatoms. The van der Waals surface area contributed by atoms with E-state index in [0.29, 0.717) is 22.7 Å². The lowest BCUT2D eigenvalue weighted by Crippen LogP contribution is -2.41. The minimum atomic E-state index is -1.26. The van der Waals surface area contributed by atoms with Gasteiger partial charge in [-0.25, -0.2) is 4.79 Å². The number of hydrogen-bond donors (Lipinski definition) is 1. The molecule has 0 radical (unpaired) electrons. The fourth-order valence-corrected chi connectivity index (χ4v) is 3.88. The molecule has 1 N–H and O–H groups in total. The van der Waals surface area contributed by atoms with E-state index in [-0.39, 0.29) is 12.0 Å². The van der Waals surface area contributed by atoms with Gasteiger partial charge < -0.3 is 24.4 Å². The number of carbonyl (C=O) groups excluding carboxylic acids is 3. The SMILES string of the molecule is COC(=O)c1c(-c2ccco2)csc1NC(=O)[C@@H]1CC=CC[C@@H]1C(=O)[O-]. The number of anilines is 1. The number of furan rings is 1. The number of rotatable bonds is 5. The van der Waals surface area contributed by atoms with Crippen LogP contribution in [0.5, 0.6) is 0 Å². The smallest absolute Gasteiger partial charge is 0.341 e. The first-order valence-corrected chi connectivity index (χ1v) is 8.81. The van der Waals surface area contributed by atoms with Crippen molar-refractivity contribution in [2.75, 3.05) is 12.4 Å². The number of carbonyl (C=O) groups is 3. The van der Waals surface area contributed by atoms with Crippen molar-refractivity contribution in [2.45, 2.75) is 12.8 Å². The fourth-order valence-electron chi connectivity index (χ4n) is 2.94. The van der Waals surface area contributed by atoms with Crippen LogP contribution in [0.2, 0.25) is 0 Å². The summed E-state index contributed by atoms with van der Waals surface area (Å²) in [6.07, 6.45) is 5.52. The van der Waals surface area contributed by atoms with Gasteiger partial charge in [0.2, 0.25) is 5.91 Å². The summed E-state index contributed by atoms with van der Waals surface area (Å²) in [5.41, 5.74) is 0.680. The highest BCUT2D eigenvalue weighted by atomic mass is 32.1. The van der Waals surface area contributed by atoms with Crippen molar-refractivity contribution < 1.29 is 28.6 Å². The normalized spacial score (nSPS) is 19.1. The van der Waals surface area contributed by atoms with Crippen molar-refractivity contribution in [3.63, 3.8) is 0 Å². The number of ether oxygens (including phenoxy) is 1. The third kappa shape index (κ3) is 3.41. The van der Waals surface area contributed by atoms with Gasteiger partial charge in [-0.15, -0.1) is 11.3 Å². The Morgan fingerprint density at radius 1 is 1.27 bits per heavy atom. The lowest BCUT2D eigenvalue weighted by molar-refractivity contribution is -0.313. The van der Waals surface area contributed by atoms with E-state index in [1.54, 1.807) is 29.7 Å². The third-order valence-electron chi connectivity index (χ3n) is 4.28. The maximum Gasteiger partial charge on any atom is 0.341 e. The first-order valence-electron chi connectivity index (χ1n) is 7.93. The standard InChI is InChI=1S/C18H17NO6S/c1-24-18(23)14-12(13-7-4-8-25-13)9-26-16(14)19-15(20)10-5-2-3-6-11(10)17(21)22/h2-4,7-11H,5-6H2,1H3,(H,19,20)(H,21,22)/p-1/t10-,11+/m1/s1. The number of hydrogen-bond acceptors (Lipinski definition) is 7. The molecule has 0 saturated heterocycles. The van der Waals surface area contributed by atoms with Crippen molar-refractivity contribution in [2.24, 2.45) is 11.8 Å². The average molecular weight is 374 g/mol. The average Bonchev–Trinajstić information content (AvgIpc) is 3.30. The molecule has 2 aromatic heterocycles. The number of carboxylic acids is 1. The first-order chi connectivity index (χ1) is 12.5. The van der Waals surface area contributed by atoms with Gasteiger partial charge in [-0.1, -0.05) is 12.2 Å². The minimum Gasteiger partial charge on any atom is -0.550 e. The summed E-state index contributed by atoms with van der Waals surface area (Å²) in [5, 5.41) is 15.9. The van der Waals surface area contributed by atoms with Gasteiger partial charge in [0.15, 0.2) is 0 Å². The van der Waals surface area contributed by atoms with Crippen LogP contribution in [0.25, 0.3) is 11.3 Å². The van der Waals surface area contributed by atoms with Crippen molar-refractivity contribution in [1.29, 1.82) is 0 Å². The highest BCUT2D eigenvalue weighted by Gasteiger charge is 2.31. The Morgan fingerprint density at radius 3 is 2.62 bits per heavy atom. The number of thiophene rings is 1.